The molecule has 1 aromatic rings. The summed E-state index contributed by atoms with van der Waals surface area (Å²) in [7, 11) is -3.07. The highest BCUT2D eigenvalue weighted by Crippen LogP contribution is 2.25. The van der Waals surface area contributed by atoms with Crippen LogP contribution in [0.15, 0.2) is 18.2 Å². The van der Waals surface area contributed by atoms with Crippen molar-refractivity contribution < 1.29 is 35.8 Å². The molecule has 0 saturated heterocycles. The summed E-state index contributed by atoms with van der Waals surface area (Å²) in [6, 6.07) is 3.05. The average molecular weight is 316 g/mol. The van der Waals surface area contributed by atoms with Crippen molar-refractivity contribution in [1.29, 1.82) is 0 Å². The lowest BCUT2D eigenvalue weighted by Gasteiger charge is -2.15. The van der Waals surface area contributed by atoms with Crippen molar-refractivity contribution in [3.8, 4) is 5.75 Å². The SMILES string of the molecule is COc1ccc(F)cc1CS(=O)(=O)C[C@H](O)C(F)(F)F. The van der Waals surface area contributed by atoms with Gasteiger partial charge in [-0.15, -0.1) is 0 Å². The van der Waals surface area contributed by atoms with E-state index in [1.165, 1.54) is 13.2 Å². The number of alkyl halides is 3. The van der Waals surface area contributed by atoms with Gasteiger partial charge < -0.3 is 9.84 Å². The predicted octanol–water partition coefficient (Wildman–Crippen LogP) is 1.67. The zero-order valence-corrected chi connectivity index (χ0v) is 11.1. The molecule has 0 aromatic heterocycles. The Morgan fingerprint density at radius 1 is 1.35 bits per heavy atom. The lowest BCUT2D eigenvalue weighted by Crippen LogP contribution is -2.35. The number of benzene rings is 1. The van der Waals surface area contributed by atoms with E-state index in [9.17, 15) is 26.0 Å². The summed E-state index contributed by atoms with van der Waals surface area (Å²) < 4.78 is 77.4. The third-order valence-electron chi connectivity index (χ3n) is 2.41. The molecule has 0 aliphatic rings. The fraction of sp³-hybridized carbons (Fsp3) is 0.455. The molecular weight excluding hydrogens is 304 g/mol. The second-order valence-electron chi connectivity index (χ2n) is 4.07. The number of hydrogen-bond donors (Lipinski definition) is 1. The topological polar surface area (TPSA) is 63.6 Å². The zero-order valence-electron chi connectivity index (χ0n) is 10.3. The zero-order chi connectivity index (χ0) is 15.6. The predicted molar refractivity (Wildman–Crippen MR) is 62.5 cm³/mol. The minimum atomic E-state index is -5.03. The van der Waals surface area contributed by atoms with Crippen LogP contribution in [0.2, 0.25) is 0 Å². The second-order valence-corrected chi connectivity index (χ2v) is 6.18. The first-order valence-corrected chi connectivity index (χ1v) is 7.15. The van der Waals surface area contributed by atoms with Gasteiger partial charge in [0.1, 0.15) is 11.6 Å². The molecule has 0 spiro atoms. The van der Waals surface area contributed by atoms with Crippen molar-refractivity contribution in [1.82, 2.24) is 0 Å². The number of hydrogen-bond acceptors (Lipinski definition) is 4. The van der Waals surface area contributed by atoms with Gasteiger partial charge in [0.25, 0.3) is 0 Å². The van der Waals surface area contributed by atoms with E-state index in [1.54, 1.807) is 0 Å². The molecule has 0 aliphatic carbocycles. The molecule has 0 fully saturated rings. The van der Waals surface area contributed by atoms with Crippen LogP contribution in [0, 0.1) is 5.82 Å². The van der Waals surface area contributed by atoms with E-state index in [2.05, 4.69) is 0 Å². The molecular formula is C11H12F4O4S. The van der Waals surface area contributed by atoms with E-state index in [1.807, 2.05) is 0 Å². The van der Waals surface area contributed by atoms with Crippen LogP contribution >= 0.6 is 0 Å². The van der Waals surface area contributed by atoms with E-state index in [-0.39, 0.29) is 11.3 Å². The van der Waals surface area contributed by atoms with E-state index >= 15 is 0 Å². The molecule has 1 atom stereocenters. The average Bonchev–Trinajstić information content (AvgIpc) is 2.26. The molecule has 0 amide bonds. The maximum absolute atomic E-state index is 13.0. The summed E-state index contributed by atoms with van der Waals surface area (Å²) in [5, 5.41) is 8.77. The summed E-state index contributed by atoms with van der Waals surface area (Å²) in [6.07, 6.45) is -8.01. The van der Waals surface area contributed by atoms with E-state index < -0.39 is 39.4 Å². The van der Waals surface area contributed by atoms with Gasteiger partial charge in [0.05, 0.1) is 18.6 Å². The maximum atomic E-state index is 13.0. The summed E-state index contributed by atoms with van der Waals surface area (Å²) in [5.41, 5.74) is -0.109. The summed E-state index contributed by atoms with van der Waals surface area (Å²) >= 11 is 0. The van der Waals surface area contributed by atoms with Gasteiger partial charge >= 0.3 is 6.18 Å². The third-order valence-corrected chi connectivity index (χ3v) is 3.98. The van der Waals surface area contributed by atoms with E-state index in [0.29, 0.717) is 0 Å². The largest absolute Gasteiger partial charge is 0.496 e. The summed E-state index contributed by atoms with van der Waals surface area (Å²) in [6.45, 7) is 0. The van der Waals surface area contributed by atoms with Crippen LogP contribution in [-0.4, -0.2) is 38.7 Å². The Kier molecular flexibility index (Phi) is 4.98. The number of sulfone groups is 1. The Balaban J connectivity index is 2.94. The molecule has 4 nitrogen and oxygen atoms in total. The highest BCUT2D eigenvalue weighted by molar-refractivity contribution is 7.90. The van der Waals surface area contributed by atoms with Crippen LogP contribution < -0.4 is 4.74 Å². The van der Waals surface area contributed by atoms with Gasteiger partial charge in [-0.25, -0.2) is 12.8 Å². The minimum Gasteiger partial charge on any atom is -0.496 e. The van der Waals surface area contributed by atoms with Crippen molar-refractivity contribution in [2.24, 2.45) is 0 Å². The Labute approximate surface area is 112 Å². The molecule has 1 rings (SSSR count). The molecule has 114 valence electrons. The molecule has 0 saturated carbocycles. The van der Waals surface area contributed by atoms with Crippen LogP contribution in [-0.2, 0) is 15.6 Å². The fourth-order valence-corrected chi connectivity index (χ4v) is 2.98. The van der Waals surface area contributed by atoms with Gasteiger partial charge in [-0.1, -0.05) is 0 Å². The van der Waals surface area contributed by atoms with Crippen LogP contribution in [0.5, 0.6) is 5.75 Å². The maximum Gasteiger partial charge on any atom is 0.415 e. The summed E-state index contributed by atoms with van der Waals surface area (Å²) in [4.78, 5) is 0. The van der Waals surface area contributed by atoms with Gasteiger partial charge in [0.15, 0.2) is 15.9 Å². The monoisotopic (exact) mass is 316 g/mol. The Bertz CT molecular complexity index is 568. The Morgan fingerprint density at radius 2 is 1.95 bits per heavy atom. The van der Waals surface area contributed by atoms with Crippen LogP contribution in [0.25, 0.3) is 0 Å². The molecule has 1 aromatic carbocycles. The quantitative estimate of drug-likeness (QED) is 0.840. The van der Waals surface area contributed by atoms with Gasteiger partial charge in [-0.2, -0.15) is 13.2 Å². The first-order chi connectivity index (χ1) is 9.05. The Hall–Kier alpha value is -1.35. The molecule has 0 aliphatic heterocycles. The van der Waals surface area contributed by atoms with Gasteiger partial charge in [-0.3, -0.25) is 0 Å². The molecule has 20 heavy (non-hydrogen) atoms. The van der Waals surface area contributed by atoms with Crippen LogP contribution in [0.4, 0.5) is 17.6 Å². The summed E-state index contributed by atoms with van der Waals surface area (Å²) in [5.74, 6) is -3.05. The van der Waals surface area contributed by atoms with Crippen molar-refractivity contribution in [2.75, 3.05) is 12.9 Å². The van der Waals surface area contributed by atoms with Crippen molar-refractivity contribution >= 4 is 9.84 Å². The lowest BCUT2D eigenvalue weighted by atomic mass is 10.2. The number of aliphatic hydroxyl groups is 1. The molecule has 9 heteroatoms. The van der Waals surface area contributed by atoms with Gasteiger partial charge in [0, 0.05) is 5.56 Å². The highest BCUT2D eigenvalue weighted by Gasteiger charge is 2.41. The molecule has 0 radical (unpaired) electrons. The molecule has 1 N–H and O–H groups in total. The number of halogens is 4. The minimum absolute atomic E-state index is 0.0384. The standard InChI is InChI=1S/C11H12F4O4S/c1-19-9-3-2-8(12)4-7(9)5-20(17,18)6-10(16)11(13,14)15/h2-4,10,16H,5-6H2,1H3/t10-/m0/s1. The fourth-order valence-electron chi connectivity index (χ4n) is 1.49. The first kappa shape index (κ1) is 16.7. The van der Waals surface area contributed by atoms with Crippen molar-refractivity contribution in [3.05, 3.63) is 29.6 Å². The van der Waals surface area contributed by atoms with E-state index in [0.717, 1.165) is 12.1 Å². The lowest BCUT2D eigenvalue weighted by molar-refractivity contribution is -0.196. The third kappa shape index (κ3) is 4.64. The normalized spacial score (nSPS) is 14.1. The Morgan fingerprint density at radius 3 is 2.45 bits per heavy atom. The number of rotatable bonds is 5. The highest BCUT2D eigenvalue weighted by atomic mass is 32.2. The van der Waals surface area contributed by atoms with Gasteiger partial charge in [0.2, 0.25) is 0 Å². The number of methoxy groups -OCH3 is 1. The molecule has 0 heterocycles. The smallest absolute Gasteiger partial charge is 0.415 e. The van der Waals surface area contributed by atoms with E-state index in [4.69, 9.17) is 9.84 Å². The molecule has 0 unspecified atom stereocenters. The van der Waals surface area contributed by atoms with Crippen molar-refractivity contribution in [2.45, 2.75) is 18.0 Å². The first-order valence-electron chi connectivity index (χ1n) is 5.33. The molecule has 0 bridgehead atoms. The van der Waals surface area contributed by atoms with Crippen LogP contribution in [0.3, 0.4) is 0 Å². The van der Waals surface area contributed by atoms with Gasteiger partial charge in [-0.05, 0) is 18.2 Å². The second kappa shape index (κ2) is 5.96. The van der Waals surface area contributed by atoms with Crippen LogP contribution in [0.1, 0.15) is 5.56 Å². The number of ether oxygens (including phenoxy) is 1. The van der Waals surface area contributed by atoms with Crippen molar-refractivity contribution in [3.63, 3.8) is 0 Å². The number of aliphatic hydroxyl groups excluding tert-OH is 1.